The van der Waals surface area contributed by atoms with E-state index in [0.717, 1.165) is 11.1 Å². The highest BCUT2D eigenvalue weighted by atomic mass is 16.5. The summed E-state index contributed by atoms with van der Waals surface area (Å²) in [6.45, 7) is 0. The maximum Gasteiger partial charge on any atom is 0.176 e. The van der Waals surface area contributed by atoms with Crippen LogP contribution in [0.4, 0.5) is 0 Å². The van der Waals surface area contributed by atoms with Crippen molar-refractivity contribution in [1.82, 2.24) is 0 Å². The largest absolute Gasteiger partial charge is 0.457 e. The lowest BCUT2D eigenvalue weighted by atomic mass is 10.1. The fourth-order valence-electron chi connectivity index (χ4n) is 2.07. The molecule has 2 aromatic rings. The van der Waals surface area contributed by atoms with E-state index in [1.54, 1.807) is 24.0 Å². The number of hydrogen-bond donors (Lipinski definition) is 0. The lowest BCUT2D eigenvalue weighted by Gasteiger charge is -2.12. The molecule has 0 bridgehead atoms. The van der Waals surface area contributed by atoms with Gasteiger partial charge in [0.1, 0.15) is 11.5 Å². The smallest absolute Gasteiger partial charge is 0.176 e. The van der Waals surface area contributed by atoms with E-state index in [0.29, 0.717) is 24.3 Å². The van der Waals surface area contributed by atoms with Crippen LogP contribution >= 0.6 is 0 Å². The Labute approximate surface area is 134 Å². The summed E-state index contributed by atoms with van der Waals surface area (Å²) >= 11 is 0. The van der Waals surface area contributed by atoms with Gasteiger partial charge in [-0.3, -0.25) is 0 Å². The van der Waals surface area contributed by atoms with E-state index in [1.165, 1.54) is 0 Å². The molecule has 23 heavy (non-hydrogen) atoms. The van der Waals surface area contributed by atoms with E-state index in [-0.39, 0.29) is 0 Å². The van der Waals surface area contributed by atoms with Gasteiger partial charge >= 0.3 is 0 Å². The third-order valence-corrected chi connectivity index (χ3v) is 3.13. The number of benzene rings is 2. The maximum atomic E-state index is 10.2. The van der Waals surface area contributed by atoms with Crippen LogP contribution in [0.1, 0.15) is 11.1 Å². The minimum Gasteiger partial charge on any atom is -0.457 e. The summed E-state index contributed by atoms with van der Waals surface area (Å²) in [5.74, 6) is 4.63. The minimum absolute atomic E-state index is 0.529. The Morgan fingerprint density at radius 3 is 1.61 bits per heavy atom. The second-order valence-corrected chi connectivity index (χ2v) is 4.63. The average molecular weight is 302 g/mol. The van der Waals surface area contributed by atoms with Crippen LogP contribution in [-0.2, 0) is 22.4 Å². The molecule has 3 nitrogen and oxygen atoms in total. The zero-order chi connectivity index (χ0) is 16.3. The number of rotatable bonds is 6. The summed E-state index contributed by atoms with van der Waals surface area (Å²) in [6, 6.07) is 15.2. The topological polar surface area (TPSA) is 43.4 Å². The van der Waals surface area contributed by atoms with Crippen molar-refractivity contribution in [2.75, 3.05) is 0 Å². The van der Waals surface area contributed by atoms with E-state index >= 15 is 0 Å². The van der Waals surface area contributed by atoms with Crippen molar-refractivity contribution < 1.29 is 14.3 Å². The van der Waals surface area contributed by atoms with Crippen molar-refractivity contribution in [1.29, 1.82) is 0 Å². The molecule has 0 aliphatic heterocycles. The van der Waals surface area contributed by atoms with Crippen LogP contribution in [0.5, 0.6) is 11.5 Å². The minimum atomic E-state index is 0.529. The SMILES string of the molecule is O=C=C=CCc1ccccc1Oc1ccccc1CC=C=C=O. The molecule has 0 atom stereocenters. The first-order valence-electron chi connectivity index (χ1n) is 7.07. The number of allylic oxidation sites excluding steroid dienone is 2. The van der Waals surface area contributed by atoms with Crippen LogP contribution < -0.4 is 4.74 Å². The van der Waals surface area contributed by atoms with Crippen molar-refractivity contribution in [3.05, 3.63) is 83.3 Å². The van der Waals surface area contributed by atoms with Crippen LogP contribution in [0.25, 0.3) is 0 Å². The molecule has 0 aliphatic carbocycles. The normalized spacial score (nSPS) is 8.87. The van der Waals surface area contributed by atoms with Crippen molar-refractivity contribution in [2.45, 2.75) is 12.8 Å². The number of para-hydroxylation sites is 2. The highest BCUT2D eigenvalue weighted by Gasteiger charge is 2.06. The lowest BCUT2D eigenvalue weighted by Crippen LogP contribution is -1.94. The van der Waals surface area contributed by atoms with Crippen LogP contribution in [0.3, 0.4) is 0 Å². The van der Waals surface area contributed by atoms with E-state index < -0.39 is 0 Å². The summed E-state index contributed by atoms with van der Waals surface area (Å²) in [7, 11) is 0. The standard InChI is InChI=1S/C20H14O3/c21-15-7-5-11-17-9-1-3-13-19(17)23-20-14-4-2-10-18(20)12-6-8-16-22/h1-6,9-10,13-14H,11-12H2. The third kappa shape index (κ3) is 4.88. The maximum absolute atomic E-state index is 10.2. The van der Waals surface area contributed by atoms with E-state index in [4.69, 9.17) is 4.74 Å². The van der Waals surface area contributed by atoms with Gasteiger partial charge in [0.25, 0.3) is 0 Å². The van der Waals surface area contributed by atoms with Gasteiger partial charge in [0.2, 0.25) is 0 Å². The van der Waals surface area contributed by atoms with Crippen molar-refractivity contribution in [2.24, 2.45) is 0 Å². The highest BCUT2D eigenvalue weighted by molar-refractivity contribution is 5.46. The molecule has 0 radical (unpaired) electrons. The summed E-state index contributed by atoms with van der Waals surface area (Å²) in [6.07, 6.45) is 4.28. The number of hydrogen-bond acceptors (Lipinski definition) is 3. The molecule has 2 aromatic carbocycles. The molecule has 0 spiro atoms. The van der Waals surface area contributed by atoms with E-state index in [1.807, 2.05) is 48.5 Å². The van der Waals surface area contributed by atoms with Crippen LogP contribution in [0.2, 0.25) is 0 Å². The molecule has 0 unspecified atom stereocenters. The van der Waals surface area contributed by atoms with Gasteiger partial charge in [-0.1, -0.05) is 36.4 Å². The Morgan fingerprint density at radius 2 is 1.17 bits per heavy atom. The van der Waals surface area contributed by atoms with Crippen LogP contribution in [0.15, 0.2) is 72.1 Å². The Balaban J connectivity index is 2.29. The van der Waals surface area contributed by atoms with E-state index in [2.05, 4.69) is 11.5 Å². The summed E-state index contributed by atoms with van der Waals surface area (Å²) in [5.41, 5.74) is 6.67. The van der Waals surface area contributed by atoms with Crippen molar-refractivity contribution >= 4 is 11.9 Å². The summed E-state index contributed by atoms with van der Waals surface area (Å²) in [4.78, 5) is 20.4. The Kier molecular flexibility index (Phi) is 6.20. The van der Waals surface area contributed by atoms with Crippen LogP contribution in [0, 0.1) is 0 Å². The van der Waals surface area contributed by atoms with Gasteiger partial charge in [0, 0.05) is 12.8 Å². The molecule has 0 saturated heterocycles. The van der Waals surface area contributed by atoms with Crippen molar-refractivity contribution in [3.63, 3.8) is 0 Å². The van der Waals surface area contributed by atoms with Gasteiger partial charge in [-0.2, -0.15) is 0 Å². The molecular weight excluding hydrogens is 288 g/mol. The Hall–Kier alpha value is -3.30. The van der Waals surface area contributed by atoms with Gasteiger partial charge in [-0.25, -0.2) is 9.59 Å². The molecule has 0 saturated carbocycles. The Morgan fingerprint density at radius 1 is 0.739 bits per heavy atom. The Bertz CT molecular complexity index is 769. The molecule has 0 fully saturated rings. The fraction of sp³-hybridized carbons (Fsp3) is 0.100. The first-order valence-corrected chi connectivity index (χ1v) is 7.07. The van der Waals surface area contributed by atoms with Crippen LogP contribution in [-0.4, -0.2) is 11.9 Å². The highest BCUT2D eigenvalue weighted by Crippen LogP contribution is 2.28. The summed E-state index contributed by atoms with van der Waals surface area (Å²) in [5, 5.41) is 0. The molecule has 112 valence electrons. The van der Waals surface area contributed by atoms with E-state index in [9.17, 15) is 9.59 Å². The average Bonchev–Trinajstić information content (AvgIpc) is 2.58. The fourth-order valence-corrected chi connectivity index (χ4v) is 2.07. The molecule has 0 amide bonds. The van der Waals surface area contributed by atoms with Gasteiger partial charge in [0.15, 0.2) is 11.9 Å². The van der Waals surface area contributed by atoms with Crippen molar-refractivity contribution in [3.8, 4) is 11.5 Å². The first kappa shape index (κ1) is 16.1. The molecule has 3 heteroatoms. The number of carbonyl (C=O) groups excluding carboxylic acids is 2. The number of ether oxygens (including phenoxy) is 1. The first-order chi connectivity index (χ1) is 11.3. The van der Waals surface area contributed by atoms with Gasteiger partial charge in [-0.05, 0) is 46.9 Å². The molecule has 0 heterocycles. The lowest BCUT2D eigenvalue weighted by molar-refractivity contribution is 0.473. The predicted molar refractivity (Wildman–Crippen MR) is 87.9 cm³/mol. The zero-order valence-corrected chi connectivity index (χ0v) is 12.4. The van der Waals surface area contributed by atoms with Gasteiger partial charge in [0.05, 0.1) is 0 Å². The second kappa shape index (κ2) is 8.87. The molecular formula is C20H14O3. The summed E-state index contributed by atoms with van der Waals surface area (Å²) < 4.78 is 6.01. The predicted octanol–water partition coefficient (Wildman–Crippen LogP) is 3.65. The molecule has 0 aliphatic rings. The molecule has 2 rings (SSSR count). The van der Waals surface area contributed by atoms with Gasteiger partial charge < -0.3 is 4.74 Å². The third-order valence-electron chi connectivity index (χ3n) is 3.13. The molecule has 0 aromatic heterocycles. The monoisotopic (exact) mass is 302 g/mol. The quantitative estimate of drug-likeness (QED) is 0.604. The molecule has 0 N–H and O–H groups in total. The van der Waals surface area contributed by atoms with Gasteiger partial charge in [-0.15, -0.1) is 0 Å². The second-order valence-electron chi connectivity index (χ2n) is 4.63. The zero-order valence-electron chi connectivity index (χ0n) is 12.4.